The zero-order chi connectivity index (χ0) is 39.2. The first-order valence-corrected chi connectivity index (χ1v) is 17.2. The quantitative estimate of drug-likeness (QED) is 0.137. The van der Waals surface area contributed by atoms with Crippen LogP contribution < -0.4 is 21.8 Å². The van der Waals surface area contributed by atoms with E-state index in [1.165, 1.54) is 0 Å². The first kappa shape index (κ1) is 42.0. The zero-order valence-corrected chi connectivity index (χ0v) is 31.8. The SMILES string of the molecule is CC(C)(C)OC(=O)NCc1ccc(B(O)O)cc1.Cn1ccnc1-c1ccc(CN)cc1.Cn1ccnc1-c1ccc(CNC(=O)OC(C)(C)C)cc1. The van der Waals surface area contributed by atoms with Crippen molar-refractivity contribution in [1.29, 1.82) is 0 Å². The molecule has 0 aliphatic rings. The molecular formula is C39H52BN7O6. The Labute approximate surface area is 312 Å². The summed E-state index contributed by atoms with van der Waals surface area (Å²) >= 11 is 0. The lowest BCUT2D eigenvalue weighted by Gasteiger charge is -2.19. The van der Waals surface area contributed by atoms with Crippen molar-refractivity contribution in [3.8, 4) is 22.8 Å². The van der Waals surface area contributed by atoms with Crippen LogP contribution in [-0.4, -0.2) is 59.7 Å². The number of imidazole rings is 2. The summed E-state index contributed by atoms with van der Waals surface area (Å²) < 4.78 is 14.2. The van der Waals surface area contributed by atoms with E-state index in [0.29, 0.717) is 25.1 Å². The standard InChI is InChI=1S/C16H21N3O2.C12H18BNO4.C11H13N3/c1-16(2,3)21-15(20)18-11-12-5-7-13(8-6-12)14-17-9-10-19(14)4;1-12(2,3)18-11(15)14-8-9-4-6-10(7-5-9)13(16)17;1-14-7-6-13-11(14)10-4-2-9(8-12)3-5-10/h5-10H,11H2,1-4H3,(H,18,20);4-7,16-17H,8H2,1-3H3,(H,14,15);2-7H,8,12H2,1H3. The lowest BCUT2D eigenvalue weighted by molar-refractivity contribution is 0.0512. The smallest absolute Gasteiger partial charge is 0.444 e. The predicted octanol–water partition coefficient (Wildman–Crippen LogP) is 5.05. The lowest BCUT2D eigenvalue weighted by Crippen LogP contribution is -2.32. The number of ether oxygens (including phenoxy) is 2. The molecule has 0 unspecified atom stereocenters. The number of aryl methyl sites for hydroxylation is 2. The number of amides is 2. The van der Waals surface area contributed by atoms with Gasteiger partial charge in [0.15, 0.2) is 0 Å². The van der Waals surface area contributed by atoms with Gasteiger partial charge < -0.3 is 45.0 Å². The Balaban J connectivity index is 0.000000218. The van der Waals surface area contributed by atoms with Crippen LogP contribution in [0.2, 0.25) is 0 Å². The largest absolute Gasteiger partial charge is 0.488 e. The van der Waals surface area contributed by atoms with Crippen LogP contribution in [0.3, 0.4) is 0 Å². The molecule has 0 bridgehead atoms. The molecule has 13 nitrogen and oxygen atoms in total. The molecule has 0 atom stereocenters. The monoisotopic (exact) mass is 725 g/mol. The van der Waals surface area contributed by atoms with Gasteiger partial charge in [0.25, 0.3) is 0 Å². The van der Waals surface area contributed by atoms with Gasteiger partial charge in [-0.1, -0.05) is 72.8 Å². The first-order valence-electron chi connectivity index (χ1n) is 17.2. The van der Waals surface area contributed by atoms with Crippen molar-refractivity contribution in [3.05, 3.63) is 114 Å². The van der Waals surface area contributed by atoms with Crippen molar-refractivity contribution >= 4 is 24.8 Å². The molecule has 0 saturated carbocycles. The molecule has 2 aromatic heterocycles. The molecule has 282 valence electrons. The minimum absolute atomic E-state index is 0.330. The van der Waals surface area contributed by atoms with Gasteiger partial charge in [-0.05, 0) is 63.7 Å². The van der Waals surface area contributed by atoms with Crippen LogP contribution in [0, 0.1) is 0 Å². The molecule has 0 spiro atoms. The number of benzene rings is 3. The molecule has 2 amide bonds. The fourth-order valence-electron chi connectivity index (χ4n) is 4.63. The van der Waals surface area contributed by atoms with E-state index < -0.39 is 30.5 Å². The molecule has 0 saturated heterocycles. The third-order valence-electron chi connectivity index (χ3n) is 7.25. The minimum Gasteiger partial charge on any atom is -0.444 e. The van der Waals surface area contributed by atoms with Crippen LogP contribution in [0.25, 0.3) is 22.8 Å². The maximum atomic E-state index is 11.6. The molecule has 14 heteroatoms. The number of aromatic nitrogens is 4. The van der Waals surface area contributed by atoms with Gasteiger partial charge in [-0.3, -0.25) is 0 Å². The number of rotatable bonds is 8. The third-order valence-corrected chi connectivity index (χ3v) is 7.25. The summed E-state index contributed by atoms with van der Waals surface area (Å²) in [6, 6.07) is 22.7. The van der Waals surface area contributed by atoms with Crippen LogP contribution in [0.1, 0.15) is 58.2 Å². The van der Waals surface area contributed by atoms with E-state index in [-0.39, 0.29) is 0 Å². The van der Waals surface area contributed by atoms with Crippen molar-refractivity contribution in [3.63, 3.8) is 0 Å². The van der Waals surface area contributed by atoms with Gasteiger partial charge in [-0.25, -0.2) is 19.6 Å². The predicted molar refractivity (Wildman–Crippen MR) is 208 cm³/mol. The average Bonchev–Trinajstić information content (AvgIpc) is 3.73. The van der Waals surface area contributed by atoms with Crippen molar-refractivity contribution < 1.29 is 29.1 Å². The van der Waals surface area contributed by atoms with Crippen LogP contribution in [-0.2, 0) is 43.2 Å². The van der Waals surface area contributed by atoms with E-state index in [9.17, 15) is 9.59 Å². The second-order valence-electron chi connectivity index (χ2n) is 14.1. The van der Waals surface area contributed by atoms with E-state index in [0.717, 1.165) is 39.5 Å². The van der Waals surface area contributed by atoms with Gasteiger partial charge in [0.2, 0.25) is 0 Å². The van der Waals surface area contributed by atoms with Gasteiger partial charge in [0.1, 0.15) is 22.9 Å². The number of nitrogens with zero attached hydrogens (tertiary/aromatic N) is 4. The molecular weight excluding hydrogens is 673 g/mol. The summed E-state index contributed by atoms with van der Waals surface area (Å²) in [5.41, 5.74) is 10.1. The molecule has 5 rings (SSSR count). The number of hydrogen-bond donors (Lipinski definition) is 5. The zero-order valence-electron chi connectivity index (χ0n) is 31.8. The Morgan fingerprint density at radius 1 is 0.660 bits per heavy atom. The number of hydrogen-bond acceptors (Lipinski definition) is 9. The topological polar surface area (TPSA) is 179 Å². The van der Waals surface area contributed by atoms with E-state index in [2.05, 4.69) is 20.6 Å². The Hall–Kier alpha value is -5.44. The van der Waals surface area contributed by atoms with Crippen LogP contribution in [0.15, 0.2) is 97.6 Å². The van der Waals surface area contributed by atoms with E-state index in [1.54, 1.807) is 57.4 Å². The Morgan fingerprint density at radius 3 is 1.32 bits per heavy atom. The van der Waals surface area contributed by atoms with Crippen LogP contribution in [0.5, 0.6) is 0 Å². The Morgan fingerprint density at radius 2 is 1.02 bits per heavy atom. The highest BCUT2D eigenvalue weighted by molar-refractivity contribution is 6.58. The number of alkyl carbamates (subject to hydrolysis) is 2. The maximum absolute atomic E-state index is 11.6. The fourth-order valence-corrected chi connectivity index (χ4v) is 4.63. The molecule has 5 aromatic rings. The van der Waals surface area contributed by atoms with Crippen LogP contribution >= 0.6 is 0 Å². The molecule has 2 heterocycles. The first-order chi connectivity index (χ1) is 24.9. The van der Waals surface area contributed by atoms with Crippen molar-refractivity contribution in [2.24, 2.45) is 19.8 Å². The second kappa shape index (κ2) is 19.4. The van der Waals surface area contributed by atoms with Crippen molar-refractivity contribution in [1.82, 2.24) is 29.7 Å². The Kier molecular flexibility index (Phi) is 15.4. The summed E-state index contributed by atoms with van der Waals surface area (Å²) in [6.45, 7) is 12.3. The molecule has 6 N–H and O–H groups in total. The molecule has 53 heavy (non-hydrogen) atoms. The molecule has 0 aliphatic carbocycles. The number of carbonyl (C=O) groups is 2. The van der Waals surface area contributed by atoms with E-state index >= 15 is 0 Å². The van der Waals surface area contributed by atoms with Crippen molar-refractivity contribution in [2.75, 3.05) is 0 Å². The number of nitrogens with two attached hydrogens (primary N) is 1. The molecule has 0 radical (unpaired) electrons. The summed E-state index contributed by atoms with van der Waals surface area (Å²) in [4.78, 5) is 31.6. The molecule has 3 aromatic carbocycles. The van der Waals surface area contributed by atoms with Gasteiger partial charge in [0, 0.05) is 69.6 Å². The summed E-state index contributed by atoms with van der Waals surface area (Å²) in [7, 11) is 2.47. The molecule has 0 aliphatic heterocycles. The second-order valence-corrected chi connectivity index (χ2v) is 14.1. The van der Waals surface area contributed by atoms with E-state index in [4.69, 9.17) is 25.3 Å². The summed E-state index contributed by atoms with van der Waals surface area (Å²) in [5, 5.41) is 23.2. The number of carbonyl (C=O) groups excluding carboxylic acids is 2. The lowest BCUT2D eigenvalue weighted by atomic mass is 9.80. The minimum atomic E-state index is -1.47. The maximum Gasteiger partial charge on any atom is 0.488 e. The molecule has 0 fully saturated rings. The fraction of sp³-hybridized carbons (Fsp3) is 0.333. The number of nitrogens with one attached hydrogen (secondary N) is 2. The third kappa shape index (κ3) is 15.0. The highest BCUT2D eigenvalue weighted by Crippen LogP contribution is 2.18. The highest BCUT2D eigenvalue weighted by atomic mass is 16.6. The summed E-state index contributed by atoms with van der Waals surface area (Å²) in [5.74, 6) is 1.90. The van der Waals surface area contributed by atoms with Gasteiger partial charge in [-0.2, -0.15) is 0 Å². The van der Waals surface area contributed by atoms with Crippen LogP contribution in [0.4, 0.5) is 9.59 Å². The van der Waals surface area contributed by atoms with Gasteiger partial charge in [0.05, 0.1) is 0 Å². The van der Waals surface area contributed by atoms with E-state index in [1.807, 2.05) is 105 Å². The normalized spacial score (nSPS) is 10.9. The van der Waals surface area contributed by atoms with Gasteiger partial charge >= 0.3 is 19.3 Å². The van der Waals surface area contributed by atoms with Crippen molar-refractivity contribution in [2.45, 2.75) is 72.4 Å². The highest BCUT2D eigenvalue weighted by Gasteiger charge is 2.17. The summed E-state index contributed by atoms with van der Waals surface area (Å²) in [6.07, 6.45) is 6.53. The average molecular weight is 726 g/mol. The van der Waals surface area contributed by atoms with Gasteiger partial charge in [-0.15, -0.1) is 0 Å². The Bertz CT molecular complexity index is 1860.